The summed E-state index contributed by atoms with van der Waals surface area (Å²) in [4.78, 5) is 28.0. The Morgan fingerprint density at radius 1 is 1.04 bits per heavy atom. The third-order valence-electron chi connectivity index (χ3n) is 5.95. The van der Waals surface area contributed by atoms with Crippen molar-refractivity contribution < 1.29 is 14.0 Å². The summed E-state index contributed by atoms with van der Waals surface area (Å²) in [6.45, 7) is 10.9. The number of fused-ring (bicyclic) bond motifs is 1. The molecule has 4 aliphatic rings. The molecule has 1 aromatic rings. The second kappa shape index (κ2) is 5.56. The van der Waals surface area contributed by atoms with E-state index in [0.29, 0.717) is 5.69 Å². The van der Waals surface area contributed by atoms with E-state index in [0.717, 1.165) is 12.2 Å². The van der Waals surface area contributed by atoms with Gasteiger partial charge in [-0.05, 0) is 55.6 Å². The number of hydrogen-bond donors (Lipinski definition) is 0. The molecule has 0 unspecified atom stereocenters. The molecule has 4 nitrogen and oxygen atoms in total. The zero-order valence-electron chi connectivity index (χ0n) is 16.2. The molecule has 0 spiro atoms. The van der Waals surface area contributed by atoms with Crippen LogP contribution in [0.15, 0.2) is 42.2 Å². The van der Waals surface area contributed by atoms with Crippen molar-refractivity contribution in [1.82, 2.24) is 0 Å². The molecule has 2 bridgehead atoms. The van der Waals surface area contributed by atoms with Gasteiger partial charge in [-0.3, -0.25) is 14.5 Å². The van der Waals surface area contributed by atoms with Crippen LogP contribution in [0.5, 0.6) is 0 Å². The van der Waals surface area contributed by atoms with E-state index in [2.05, 4.69) is 39.6 Å². The minimum Gasteiger partial charge on any atom is -0.547 e. The standard InChI is InChI=1S/C21H27NO3Si/c1-21(2)12-13-11-15(25-26(3,4)5)18(21)17-16(13)19(23)22(20(17)24)14-9-7-6-8-10-14/h6-11,13,16-18H,12H2,1-5H3/t13-,16-,17-,18-/m0/s1. The number of allylic oxidation sites excluding steroid dienone is 2. The van der Waals surface area contributed by atoms with Gasteiger partial charge in [0, 0.05) is 5.92 Å². The first-order valence-corrected chi connectivity index (χ1v) is 12.8. The first-order valence-electron chi connectivity index (χ1n) is 9.44. The van der Waals surface area contributed by atoms with Gasteiger partial charge in [0.1, 0.15) is 0 Å². The molecule has 0 N–H and O–H groups in total. The predicted octanol–water partition coefficient (Wildman–Crippen LogP) is 4.20. The number of imide groups is 1. The lowest BCUT2D eigenvalue weighted by molar-refractivity contribution is -0.130. The largest absolute Gasteiger partial charge is 0.547 e. The molecular formula is C21H27NO3Si. The van der Waals surface area contributed by atoms with Gasteiger partial charge in [0.05, 0.1) is 23.3 Å². The summed E-state index contributed by atoms with van der Waals surface area (Å²) in [5.74, 6) is 0.384. The second-order valence-corrected chi connectivity index (χ2v) is 13.9. The molecule has 1 saturated carbocycles. The van der Waals surface area contributed by atoms with Crippen LogP contribution in [0.25, 0.3) is 0 Å². The highest BCUT2D eigenvalue weighted by Gasteiger charge is 2.64. The Balaban J connectivity index is 1.77. The Morgan fingerprint density at radius 3 is 2.27 bits per heavy atom. The van der Waals surface area contributed by atoms with Crippen molar-refractivity contribution >= 4 is 25.8 Å². The van der Waals surface area contributed by atoms with Crippen LogP contribution >= 0.6 is 0 Å². The number of amides is 2. The smallest absolute Gasteiger partial charge is 0.241 e. The summed E-state index contributed by atoms with van der Waals surface area (Å²) in [5, 5.41) is 0. The van der Waals surface area contributed by atoms with Crippen LogP contribution in [-0.4, -0.2) is 20.1 Å². The van der Waals surface area contributed by atoms with E-state index in [4.69, 9.17) is 4.43 Å². The highest BCUT2D eigenvalue weighted by molar-refractivity contribution is 6.70. The number of para-hydroxylation sites is 1. The van der Waals surface area contributed by atoms with Crippen LogP contribution in [0.1, 0.15) is 20.3 Å². The van der Waals surface area contributed by atoms with Crippen molar-refractivity contribution in [2.45, 2.75) is 39.9 Å². The first-order chi connectivity index (χ1) is 12.1. The minimum atomic E-state index is -1.79. The Labute approximate surface area is 156 Å². The van der Waals surface area contributed by atoms with Crippen LogP contribution in [0, 0.1) is 29.1 Å². The molecule has 138 valence electrons. The third kappa shape index (κ3) is 2.56. The van der Waals surface area contributed by atoms with Gasteiger partial charge in [0.25, 0.3) is 0 Å². The zero-order chi connectivity index (χ0) is 18.9. The summed E-state index contributed by atoms with van der Waals surface area (Å²) in [7, 11) is -1.79. The number of carbonyl (C=O) groups excluding carboxylic acids is 2. The lowest BCUT2D eigenvalue weighted by atomic mass is 9.52. The van der Waals surface area contributed by atoms with Crippen molar-refractivity contribution in [2.75, 3.05) is 4.90 Å². The van der Waals surface area contributed by atoms with Gasteiger partial charge in [-0.25, -0.2) is 0 Å². The van der Waals surface area contributed by atoms with E-state index < -0.39 is 8.32 Å². The fourth-order valence-electron chi connectivity index (χ4n) is 5.18. The summed E-state index contributed by atoms with van der Waals surface area (Å²) in [6.07, 6.45) is 3.09. The fraction of sp³-hybridized carbons (Fsp3) is 0.524. The monoisotopic (exact) mass is 369 g/mol. The summed E-state index contributed by atoms with van der Waals surface area (Å²) in [5.41, 5.74) is 0.639. The number of carbonyl (C=O) groups is 2. The van der Waals surface area contributed by atoms with E-state index >= 15 is 0 Å². The summed E-state index contributed by atoms with van der Waals surface area (Å²) >= 11 is 0. The zero-order valence-corrected chi connectivity index (χ0v) is 17.2. The van der Waals surface area contributed by atoms with E-state index in [9.17, 15) is 9.59 Å². The first kappa shape index (κ1) is 17.5. The number of benzene rings is 1. The average molecular weight is 370 g/mol. The molecular weight excluding hydrogens is 342 g/mol. The topological polar surface area (TPSA) is 46.6 Å². The van der Waals surface area contributed by atoms with Crippen LogP contribution < -0.4 is 4.90 Å². The molecule has 26 heavy (non-hydrogen) atoms. The fourth-order valence-corrected chi connectivity index (χ4v) is 6.08. The van der Waals surface area contributed by atoms with Crippen LogP contribution in [0.3, 0.4) is 0 Å². The third-order valence-corrected chi connectivity index (χ3v) is 6.79. The molecule has 1 aromatic carbocycles. The van der Waals surface area contributed by atoms with E-state index in [1.54, 1.807) is 0 Å². The Bertz CT molecular complexity index is 793. The van der Waals surface area contributed by atoms with Gasteiger partial charge in [-0.1, -0.05) is 32.0 Å². The molecule has 3 aliphatic carbocycles. The number of nitrogens with zero attached hydrogens (tertiary/aromatic N) is 1. The van der Waals surface area contributed by atoms with Crippen molar-refractivity contribution in [3.63, 3.8) is 0 Å². The highest BCUT2D eigenvalue weighted by Crippen LogP contribution is 2.60. The summed E-state index contributed by atoms with van der Waals surface area (Å²) in [6, 6.07) is 9.32. The maximum atomic E-state index is 13.4. The van der Waals surface area contributed by atoms with Crippen molar-refractivity contribution in [2.24, 2.45) is 29.1 Å². The van der Waals surface area contributed by atoms with Crippen molar-refractivity contribution in [3.8, 4) is 0 Å². The molecule has 1 heterocycles. The van der Waals surface area contributed by atoms with Gasteiger partial charge in [0.2, 0.25) is 20.1 Å². The molecule has 0 radical (unpaired) electrons. The van der Waals surface area contributed by atoms with Gasteiger partial charge in [-0.2, -0.15) is 0 Å². The van der Waals surface area contributed by atoms with Gasteiger partial charge in [0.15, 0.2) is 0 Å². The minimum absolute atomic E-state index is 0.0191. The van der Waals surface area contributed by atoms with E-state index in [1.165, 1.54) is 4.90 Å². The summed E-state index contributed by atoms with van der Waals surface area (Å²) < 4.78 is 6.40. The number of hydrogen-bond acceptors (Lipinski definition) is 3. The average Bonchev–Trinajstić information content (AvgIpc) is 2.78. The predicted molar refractivity (Wildman–Crippen MR) is 104 cm³/mol. The quantitative estimate of drug-likeness (QED) is 0.592. The molecule has 5 rings (SSSR count). The van der Waals surface area contributed by atoms with Gasteiger partial charge in [-0.15, -0.1) is 0 Å². The second-order valence-electron chi connectivity index (χ2n) is 9.52. The molecule has 0 aromatic heterocycles. The molecule has 2 fully saturated rings. The molecule has 4 atom stereocenters. The number of anilines is 1. The Morgan fingerprint density at radius 2 is 1.65 bits per heavy atom. The number of rotatable bonds is 3. The van der Waals surface area contributed by atoms with Gasteiger partial charge < -0.3 is 4.43 Å². The van der Waals surface area contributed by atoms with Crippen LogP contribution in [-0.2, 0) is 14.0 Å². The SMILES string of the molecule is CC1(C)C[C@@H]2C=C(O[Si](C)(C)C)[C@H]1[C@H]1C(=O)N(c3ccccc3)C(=O)[C@H]12. The Hall–Kier alpha value is -1.88. The van der Waals surface area contributed by atoms with E-state index in [1.807, 2.05) is 30.3 Å². The van der Waals surface area contributed by atoms with E-state index in [-0.39, 0.29) is 40.9 Å². The lowest BCUT2D eigenvalue weighted by Gasteiger charge is -2.52. The van der Waals surface area contributed by atoms with Gasteiger partial charge >= 0.3 is 0 Å². The maximum Gasteiger partial charge on any atom is 0.241 e. The normalized spacial score (nSPS) is 32.5. The highest BCUT2D eigenvalue weighted by atomic mass is 28.4. The van der Waals surface area contributed by atoms with Crippen molar-refractivity contribution in [1.29, 1.82) is 0 Å². The van der Waals surface area contributed by atoms with Crippen molar-refractivity contribution in [3.05, 3.63) is 42.2 Å². The Kier molecular flexibility index (Phi) is 3.74. The van der Waals surface area contributed by atoms with Crippen LogP contribution in [0.4, 0.5) is 5.69 Å². The lowest BCUT2D eigenvalue weighted by Crippen LogP contribution is -2.51. The molecule has 2 amide bonds. The maximum absolute atomic E-state index is 13.4. The molecule has 1 saturated heterocycles. The molecule has 5 heteroatoms. The molecule has 1 aliphatic heterocycles. The van der Waals surface area contributed by atoms with Crippen LogP contribution in [0.2, 0.25) is 19.6 Å².